The van der Waals surface area contributed by atoms with Crippen LogP contribution in [0.3, 0.4) is 0 Å². The normalized spacial score (nSPS) is 18.1. The maximum atomic E-state index is 12.6. The van der Waals surface area contributed by atoms with E-state index >= 15 is 0 Å². The van der Waals surface area contributed by atoms with Gasteiger partial charge in [0.05, 0.1) is 26.4 Å². The fraction of sp³-hybridized carbons (Fsp3) is 0.733. The molecular formula is C15H24F3IN4O2S. The zero-order valence-corrected chi connectivity index (χ0v) is 17.9. The maximum absolute atomic E-state index is 12.6. The lowest BCUT2D eigenvalue weighted by atomic mass is 10.1. The Morgan fingerprint density at radius 3 is 2.85 bits per heavy atom. The Hall–Kier alpha value is -0.660. The summed E-state index contributed by atoms with van der Waals surface area (Å²) >= 11 is 0.989. The van der Waals surface area contributed by atoms with Crippen LogP contribution in [0.15, 0.2) is 10.4 Å². The third-order valence-corrected chi connectivity index (χ3v) is 4.67. The fourth-order valence-corrected chi connectivity index (χ4v) is 3.30. The maximum Gasteiger partial charge on any atom is 0.434 e. The van der Waals surface area contributed by atoms with Crippen LogP contribution < -0.4 is 5.32 Å². The number of alkyl halides is 3. The van der Waals surface area contributed by atoms with Crippen molar-refractivity contribution in [2.75, 3.05) is 47.1 Å². The van der Waals surface area contributed by atoms with Crippen molar-refractivity contribution in [2.45, 2.75) is 19.1 Å². The second-order valence-electron chi connectivity index (χ2n) is 5.69. The van der Waals surface area contributed by atoms with Crippen molar-refractivity contribution < 1.29 is 22.6 Å². The summed E-state index contributed by atoms with van der Waals surface area (Å²) in [5, 5.41) is 4.50. The van der Waals surface area contributed by atoms with Crippen LogP contribution in [-0.4, -0.2) is 62.9 Å². The molecule has 150 valence electrons. The minimum atomic E-state index is -4.40. The number of rotatable bonds is 7. The van der Waals surface area contributed by atoms with Gasteiger partial charge < -0.3 is 19.7 Å². The van der Waals surface area contributed by atoms with Gasteiger partial charge in [0.25, 0.3) is 0 Å². The molecule has 1 atom stereocenters. The Labute approximate surface area is 172 Å². The number of aromatic nitrogens is 1. The van der Waals surface area contributed by atoms with E-state index in [1.807, 2.05) is 0 Å². The highest BCUT2D eigenvalue weighted by Crippen LogP contribution is 2.30. The summed E-state index contributed by atoms with van der Waals surface area (Å²) < 4.78 is 48.2. The van der Waals surface area contributed by atoms with Gasteiger partial charge in [0, 0.05) is 38.5 Å². The number of guanidine groups is 1. The number of methoxy groups -OCH3 is 1. The van der Waals surface area contributed by atoms with Crippen LogP contribution in [0, 0.1) is 5.92 Å². The number of halogens is 4. The predicted molar refractivity (Wildman–Crippen MR) is 105 cm³/mol. The molecule has 1 unspecified atom stereocenters. The van der Waals surface area contributed by atoms with Crippen LogP contribution in [0.1, 0.15) is 17.1 Å². The van der Waals surface area contributed by atoms with Gasteiger partial charge in [-0.25, -0.2) is 4.98 Å². The van der Waals surface area contributed by atoms with Crippen LogP contribution in [0.25, 0.3) is 0 Å². The average molecular weight is 508 g/mol. The lowest BCUT2D eigenvalue weighted by Crippen LogP contribution is -2.39. The van der Waals surface area contributed by atoms with Crippen molar-refractivity contribution in [3.63, 3.8) is 0 Å². The molecule has 1 aliphatic heterocycles. The smallest absolute Gasteiger partial charge is 0.382 e. The Morgan fingerprint density at radius 1 is 1.46 bits per heavy atom. The van der Waals surface area contributed by atoms with E-state index in [1.165, 1.54) is 0 Å². The quantitative estimate of drug-likeness (QED) is 0.266. The first-order valence-corrected chi connectivity index (χ1v) is 8.86. The first-order chi connectivity index (χ1) is 11.9. The van der Waals surface area contributed by atoms with Crippen molar-refractivity contribution in [3.8, 4) is 0 Å². The summed E-state index contributed by atoms with van der Waals surface area (Å²) in [5.41, 5.74) is -0.848. The Balaban J connectivity index is 0.00000338. The molecule has 2 heterocycles. The second-order valence-corrected chi connectivity index (χ2v) is 6.64. The first-order valence-electron chi connectivity index (χ1n) is 7.98. The molecule has 0 radical (unpaired) electrons. The van der Waals surface area contributed by atoms with Gasteiger partial charge in [-0.1, -0.05) is 0 Å². The molecule has 0 saturated carbocycles. The zero-order valence-electron chi connectivity index (χ0n) is 14.7. The summed E-state index contributed by atoms with van der Waals surface area (Å²) in [7, 11) is 3.30. The van der Waals surface area contributed by atoms with Gasteiger partial charge in [-0.2, -0.15) is 13.2 Å². The van der Waals surface area contributed by atoms with Gasteiger partial charge in [0.15, 0.2) is 11.7 Å². The van der Waals surface area contributed by atoms with Crippen LogP contribution in [0.5, 0.6) is 0 Å². The van der Waals surface area contributed by atoms with E-state index in [9.17, 15) is 13.2 Å². The van der Waals surface area contributed by atoms with E-state index in [-0.39, 0.29) is 30.5 Å². The number of ether oxygens (including phenoxy) is 2. The average Bonchev–Trinajstić information content (AvgIpc) is 3.21. The molecule has 0 aliphatic carbocycles. The van der Waals surface area contributed by atoms with E-state index in [2.05, 4.69) is 20.2 Å². The molecule has 1 aromatic heterocycles. The molecule has 1 saturated heterocycles. The molecule has 1 aliphatic rings. The Bertz CT molecular complexity index is 571. The summed E-state index contributed by atoms with van der Waals surface area (Å²) in [6, 6.07) is 0. The number of hydrogen-bond donors (Lipinski definition) is 1. The molecule has 26 heavy (non-hydrogen) atoms. The monoisotopic (exact) mass is 508 g/mol. The number of aliphatic imine (C=N–C) groups is 1. The zero-order chi connectivity index (χ0) is 18.3. The van der Waals surface area contributed by atoms with Crippen molar-refractivity contribution in [1.29, 1.82) is 0 Å². The fourth-order valence-electron chi connectivity index (χ4n) is 2.56. The van der Waals surface area contributed by atoms with E-state index < -0.39 is 11.9 Å². The summed E-state index contributed by atoms with van der Waals surface area (Å²) in [6.45, 7) is 3.68. The van der Waals surface area contributed by atoms with Gasteiger partial charge in [-0.3, -0.25) is 4.99 Å². The van der Waals surface area contributed by atoms with E-state index in [1.54, 1.807) is 14.2 Å². The highest BCUT2D eigenvalue weighted by Gasteiger charge is 2.33. The number of nitrogens with zero attached hydrogens (tertiary/aromatic N) is 3. The van der Waals surface area contributed by atoms with Crippen molar-refractivity contribution in [1.82, 2.24) is 15.2 Å². The minimum Gasteiger partial charge on any atom is -0.382 e. The van der Waals surface area contributed by atoms with Crippen LogP contribution in [0.2, 0.25) is 0 Å². The molecule has 2 rings (SSSR count). The molecule has 1 aromatic rings. The van der Waals surface area contributed by atoms with E-state index in [0.29, 0.717) is 36.7 Å². The Kier molecular flexibility index (Phi) is 10.1. The largest absolute Gasteiger partial charge is 0.434 e. The van der Waals surface area contributed by atoms with Crippen molar-refractivity contribution in [3.05, 3.63) is 16.1 Å². The van der Waals surface area contributed by atoms with Gasteiger partial charge in [-0.05, 0) is 6.42 Å². The number of hydrogen-bond acceptors (Lipinski definition) is 5. The number of likely N-dealkylation sites (tertiary alicyclic amines) is 1. The van der Waals surface area contributed by atoms with Gasteiger partial charge >= 0.3 is 6.18 Å². The standard InChI is InChI=1S/C15H23F3N4O2S.HI/c1-19-14(20-7-13-21-12(10-25-13)15(16,17)18)22-4-3-11(8-22)9-24-6-5-23-2;/h10-11H,3-9H2,1-2H3,(H,19,20);1H. The topological polar surface area (TPSA) is 59.0 Å². The summed E-state index contributed by atoms with van der Waals surface area (Å²) in [5.74, 6) is 1.08. The first kappa shape index (κ1) is 23.4. The van der Waals surface area contributed by atoms with Gasteiger partial charge in [-0.15, -0.1) is 35.3 Å². The lowest BCUT2D eigenvalue weighted by Gasteiger charge is -2.21. The third-order valence-electron chi connectivity index (χ3n) is 3.82. The molecule has 1 N–H and O–H groups in total. The third kappa shape index (κ3) is 7.16. The van der Waals surface area contributed by atoms with Crippen LogP contribution >= 0.6 is 35.3 Å². The molecule has 6 nitrogen and oxygen atoms in total. The van der Waals surface area contributed by atoms with Gasteiger partial charge in [0.1, 0.15) is 5.01 Å². The molecule has 0 spiro atoms. The summed E-state index contributed by atoms with van der Waals surface area (Å²) in [4.78, 5) is 9.91. The van der Waals surface area contributed by atoms with Crippen molar-refractivity contribution in [2.24, 2.45) is 10.9 Å². The molecule has 0 amide bonds. The second kappa shape index (κ2) is 11.2. The van der Waals surface area contributed by atoms with Crippen LogP contribution in [-0.2, 0) is 22.2 Å². The van der Waals surface area contributed by atoms with Crippen LogP contribution in [0.4, 0.5) is 13.2 Å². The highest BCUT2D eigenvalue weighted by atomic mass is 127. The van der Waals surface area contributed by atoms with Gasteiger partial charge in [0.2, 0.25) is 0 Å². The van der Waals surface area contributed by atoms with E-state index in [4.69, 9.17) is 9.47 Å². The lowest BCUT2D eigenvalue weighted by molar-refractivity contribution is -0.140. The molecule has 11 heteroatoms. The highest BCUT2D eigenvalue weighted by molar-refractivity contribution is 14.0. The SMILES string of the molecule is CN=C(NCc1nc(C(F)(F)F)cs1)N1CCC(COCCOC)C1.I. The number of thiazole rings is 1. The molecule has 0 aromatic carbocycles. The molecule has 0 bridgehead atoms. The molecule has 1 fully saturated rings. The van der Waals surface area contributed by atoms with E-state index in [0.717, 1.165) is 36.2 Å². The Morgan fingerprint density at radius 2 is 2.23 bits per heavy atom. The van der Waals surface area contributed by atoms with Crippen molar-refractivity contribution >= 4 is 41.3 Å². The predicted octanol–water partition coefficient (Wildman–Crippen LogP) is 2.84. The molecular weight excluding hydrogens is 484 g/mol. The summed E-state index contributed by atoms with van der Waals surface area (Å²) in [6.07, 6.45) is -3.41. The number of nitrogens with one attached hydrogen (secondary N) is 1. The minimum absolute atomic E-state index is 0.